The molecule has 0 amide bonds. The summed E-state index contributed by atoms with van der Waals surface area (Å²) in [5.41, 5.74) is 2.61. The summed E-state index contributed by atoms with van der Waals surface area (Å²) in [6.07, 6.45) is 5.46. The number of fused-ring (bicyclic) bond motifs is 1. The Bertz CT molecular complexity index is 438. The van der Waals surface area contributed by atoms with Gasteiger partial charge in [-0.3, -0.25) is 4.90 Å². The van der Waals surface area contributed by atoms with Crippen LogP contribution in [0.2, 0.25) is 0 Å². The third kappa shape index (κ3) is 3.18. The van der Waals surface area contributed by atoms with Gasteiger partial charge in [0.2, 0.25) is 0 Å². The van der Waals surface area contributed by atoms with E-state index >= 15 is 0 Å². The van der Waals surface area contributed by atoms with E-state index in [2.05, 4.69) is 53.2 Å². The van der Waals surface area contributed by atoms with Crippen LogP contribution < -0.4 is 10.2 Å². The molecule has 116 valence electrons. The summed E-state index contributed by atoms with van der Waals surface area (Å²) in [6.45, 7) is 9.16. The van der Waals surface area contributed by atoms with Crippen LogP contribution >= 0.6 is 0 Å². The quantitative estimate of drug-likeness (QED) is 0.893. The molecule has 0 aromatic heterocycles. The van der Waals surface area contributed by atoms with Gasteiger partial charge in [0.05, 0.1) is 0 Å². The van der Waals surface area contributed by atoms with Gasteiger partial charge >= 0.3 is 0 Å². The van der Waals surface area contributed by atoms with Crippen molar-refractivity contribution in [1.82, 2.24) is 4.90 Å². The van der Waals surface area contributed by atoms with Crippen LogP contribution in [0.4, 0.5) is 11.4 Å². The average molecular weight is 287 g/mol. The van der Waals surface area contributed by atoms with Crippen LogP contribution in [-0.4, -0.2) is 43.2 Å². The fraction of sp³-hybridized carbons (Fsp3) is 0.667. The second-order valence-electron chi connectivity index (χ2n) is 6.36. The van der Waals surface area contributed by atoms with E-state index in [1.165, 1.54) is 50.1 Å². The van der Waals surface area contributed by atoms with Crippen LogP contribution in [0.15, 0.2) is 24.3 Å². The zero-order valence-electron chi connectivity index (χ0n) is 13.5. The predicted molar refractivity (Wildman–Crippen MR) is 91.2 cm³/mol. The van der Waals surface area contributed by atoms with Crippen LogP contribution in [0.5, 0.6) is 0 Å². The fourth-order valence-electron chi connectivity index (χ4n) is 3.99. The molecule has 2 atom stereocenters. The molecule has 0 aliphatic carbocycles. The highest BCUT2D eigenvalue weighted by Crippen LogP contribution is 2.29. The highest BCUT2D eigenvalue weighted by Gasteiger charge is 2.35. The lowest BCUT2D eigenvalue weighted by Gasteiger charge is -2.33. The molecule has 0 spiro atoms. The van der Waals surface area contributed by atoms with Gasteiger partial charge in [-0.25, -0.2) is 0 Å². The molecule has 2 aliphatic rings. The molecule has 2 saturated heterocycles. The van der Waals surface area contributed by atoms with Crippen molar-refractivity contribution in [3.05, 3.63) is 24.3 Å². The lowest BCUT2D eigenvalue weighted by Crippen LogP contribution is -2.41. The smallest absolute Gasteiger partial charge is 0.0428 e. The maximum Gasteiger partial charge on any atom is 0.0428 e. The van der Waals surface area contributed by atoms with Gasteiger partial charge in [-0.2, -0.15) is 0 Å². The van der Waals surface area contributed by atoms with Gasteiger partial charge in [-0.15, -0.1) is 0 Å². The number of hydrogen-bond donors (Lipinski definition) is 1. The number of rotatable bonds is 5. The number of anilines is 2. The topological polar surface area (TPSA) is 18.5 Å². The number of nitrogens with one attached hydrogen (secondary N) is 1. The van der Waals surface area contributed by atoms with Crippen molar-refractivity contribution in [2.24, 2.45) is 0 Å². The van der Waals surface area contributed by atoms with Gasteiger partial charge in [-0.1, -0.05) is 6.42 Å². The second kappa shape index (κ2) is 6.69. The van der Waals surface area contributed by atoms with Crippen molar-refractivity contribution < 1.29 is 0 Å². The van der Waals surface area contributed by atoms with Crippen LogP contribution in [-0.2, 0) is 0 Å². The monoisotopic (exact) mass is 287 g/mol. The molecular formula is C18H29N3. The minimum absolute atomic E-state index is 0.643. The van der Waals surface area contributed by atoms with E-state index in [-0.39, 0.29) is 0 Å². The van der Waals surface area contributed by atoms with Crippen molar-refractivity contribution in [2.75, 3.05) is 36.4 Å². The second-order valence-corrected chi connectivity index (χ2v) is 6.36. The Morgan fingerprint density at radius 1 is 1.05 bits per heavy atom. The Morgan fingerprint density at radius 2 is 1.81 bits per heavy atom. The molecule has 1 aromatic rings. The normalized spacial score (nSPS) is 25.6. The molecule has 2 aliphatic heterocycles. The number of benzene rings is 1. The highest BCUT2D eigenvalue weighted by molar-refractivity contribution is 5.55. The molecule has 1 aromatic carbocycles. The molecule has 21 heavy (non-hydrogen) atoms. The molecule has 3 heteroatoms. The van der Waals surface area contributed by atoms with Crippen LogP contribution in [0, 0.1) is 0 Å². The summed E-state index contributed by atoms with van der Waals surface area (Å²) in [7, 11) is 0. The SMILES string of the molecule is CCN(CC)c1ccc(NC2CCN3CCCCC23)cc1. The van der Waals surface area contributed by atoms with Crippen LogP contribution in [0.3, 0.4) is 0 Å². The van der Waals surface area contributed by atoms with Gasteiger partial charge < -0.3 is 10.2 Å². The van der Waals surface area contributed by atoms with Gasteiger partial charge in [0.1, 0.15) is 0 Å². The van der Waals surface area contributed by atoms with Crippen LogP contribution in [0.1, 0.15) is 39.5 Å². The lowest BCUT2D eigenvalue weighted by atomic mass is 9.99. The molecule has 0 saturated carbocycles. The maximum atomic E-state index is 3.78. The zero-order valence-corrected chi connectivity index (χ0v) is 13.5. The summed E-state index contributed by atoms with van der Waals surface area (Å²) in [4.78, 5) is 5.08. The summed E-state index contributed by atoms with van der Waals surface area (Å²) >= 11 is 0. The highest BCUT2D eigenvalue weighted by atomic mass is 15.2. The minimum atomic E-state index is 0.643. The first-order valence-electron chi connectivity index (χ1n) is 8.67. The van der Waals surface area contributed by atoms with E-state index in [9.17, 15) is 0 Å². The number of nitrogens with zero attached hydrogens (tertiary/aromatic N) is 2. The largest absolute Gasteiger partial charge is 0.381 e. The lowest BCUT2D eigenvalue weighted by molar-refractivity contribution is 0.193. The van der Waals surface area contributed by atoms with Crippen LogP contribution in [0.25, 0.3) is 0 Å². The molecule has 1 N–H and O–H groups in total. The summed E-state index contributed by atoms with van der Waals surface area (Å²) < 4.78 is 0. The average Bonchev–Trinajstić information content (AvgIpc) is 2.93. The fourth-order valence-corrected chi connectivity index (χ4v) is 3.99. The van der Waals surface area contributed by atoms with E-state index in [0.717, 1.165) is 19.1 Å². The first kappa shape index (κ1) is 14.7. The third-order valence-electron chi connectivity index (χ3n) is 5.20. The molecule has 3 nitrogen and oxygen atoms in total. The molecule has 0 radical (unpaired) electrons. The summed E-state index contributed by atoms with van der Waals surface area (Å²) in [5, 5.41) is 3.78. The number of hydrogen-bond acceptors (Lipinski definition) is 3. The molecule has 3 rings (SSSR count). The van der Waals surface area contributed by atoms with Gasteiger partial charge in [-0.05, 0) is 63.9 Å². The Balaban J connectivity index is 1.63. The van der Waals surface area contributed by atoms with Crippen molar-refractivity contribution >= 4 is 11.4 Å². The van der Waals surface area contributed by atoms with Gasteiger partial charge in [0.25, 0.3) is 0 Å². The first-order chi connectivity index (χ1) is 10.3. The Morgan fingerprint density at radius 3 is 2.52 bits per heavy atom. The van der Waals surface area contributed by atoms with Gasteiger partial charge in [0.15, 0.2) is 0 Å². The van der Waals surface area contributed by atoms with Crippen molar-refractivity contribution in [1.29, 1.82) is 0 Å². The van der Waals surface area contributed by atoms with E-state index < -0.39 is 0 Å². The molecule has 2 heterocycles. The van der Waals surface area contributed by atoms with E-state index in [1.54, 1.807) is 0 Å². The van der Waals surface area contributed by atoms with E-state index in [1.807, 2.05) is 0 Å². The van der Waals surface area contributed by atoms with Crippen molar-refractivity contribution in [3.63, 3.8) is 0 Å². The van der Waals surface area contributed by atoms with Crippen molar-refractivity contribution in [3.8, 4) is 0 Å². The maximum absolute atomic E-state index is 3.78. The molecular weight excluding hydrogens is 258 g/mol. The summed E-state index contributed by atoms with van der Waals surface area (Å²) in [5.74, 6) is 0. The molecule has 2 unspecified atom stereocenters. The molecule has 0 bridgehead atoms. The van der Waals surface area contributed by atoms with Gasteiger partial charge in [0, 0.05) is 43.1 Å². The van der Waals surface area contributed by atoms with E-state index in [0.29, 0.717) is 6.04 Å². The van der Waals surface area contributed by atoms with Crippen molar-refractivity contribution in [2.45, 2.75) is 51.6 Å². The Hall–Kier alpha value is -1.22. The first-order valence-corrected chi connectivity index (χ1v) is 8.67. The minimum Gasteiger partial charge on any atom is -0.381 e. The Labute approximate surface area is 129 Å². The third-order valence-corrected chi connectivity index (χ3v) is 5.20. The Kier molecular flexibility index (Phi) is 4.69. The number of piperidine rings is 1. The zero-order chi connectivity index (χ0) is 14.7. The molecule has 2 fully saturated rings. The standard InChI is InChI=1S/C18H29N3/c1-3-20(4-2)16-10-8-15(9-11-16)19-17-12-14-21-13-6-5-7-18(17)21/h8-11,17-19H,3-7,12-14H2,1-2H3. The predicted octanol–water partition coefficient (Wildman–Crippen LogP) is 3.57. The van der Waals surface area contributed by atoms with E-state index in [4.69, 9.17) is 0 Å². The summed E-state index contributed by atoms with van der Waals surface area (Å²) in [6, 6.07) is 10.4.